The van der Waals surface area contributed by atoms with Gasteiger partial charge in [-0.3, -0.25) is 4.79 Å². The molecule has 0 saturated heterocycles. The van der Waals surface area contributed by atoms with Crippen molar-refractivity contribution in [2.24, 2.45) is 0 Å². The number of phenolic OH excluding ortho intramolecular Hbond substituents is 2. The second-order valence-corrected chi connectivity index (χ2v) is 5.89. The van der Waals surface area contributed by atoms with Gasteiger partial charge in [0.25, 0.3) is 0 Å². The van der Waals surface area contributed by atoms with E-state index in [1.54, 1.807) is 12.1 Å². The predicted octanol–water partition coefficient (Wildman–Crippen LogP) is 3.24. The average Bonchev–Trinajstić information content (AvgIpc) is 2.52. The van der Waals surface area contributed by atoms with Crippen molar-refractivity contribution in [3.05, 3.63) is 59.7 Å². The quantitative estimate of drug-likeness (QED) is 0.550. The number of benzene rings is 2. The van der Waals surface area contributed by atoms with Gasteiger partial charge in [0.2, 0.25) is 0 Å². The maximum Gasteiger partial charge on any atom is 0.347 e. The van der Waals surface area contributed by atoms with Gasteiger partial charge in [0.05, 0.1) is 5.56 Å². The van der Waals surface area contributed by atoms with Crippen molar-refractivity contribution in [2.45, 2.75) is 19.4 Å². The average molecular weight is 342 g/mol. The summed E-state index contributed by atoms with van der Waals surface area (Å²) in [5.74, 6) is -1.69. The zero-order valence-corrected chi connectivity index (χ0v) is 13.8. The molecule has 2 aromatic rings. The minimum Gasteiger partial charge on any atom is -0.508 e. The summed E-state index contributed by atoms with van der Waals surface area (Å²) in [6.07, 6.45) is 2.78. The van der Waals surface area contributed by atoms with Crippen molar-refractivity contribution in [2.75, 3.05) is 0 Å². The zero-order chi connectivity index (χ0) is 18.6. The molecular weight excluding hydrogens is 324 g/mol. The number of ketones is 1. The third-order valence-corrected chi connectivity index (χ3v) is 3.42. The molecule has 130 valence electrons. The standard InChI is InChI=1S/C19H18O6/c1-19(2,18(23)24)25-14-7-8-15(17(22)11-14)16(21)9-6-12-4-3-5-13(20)10-12/h3-11,20,22H,1-2H3,(H,23,24)/b9-6+. The lowest BCUT2D eigenvalue weighted by Gasteiger charge is -2.21. The number of carbonyl (C=O) groups excluding carboxylic acids is 1. The first-order valence-electron chi connectivity index (χ1n) is 7.46. The summed E-state index contributed by atoms with van der Waals surface area (Å²) in [5, 5.41) is 28.4. The Bertz CT molecular complexity index is 836. The highest BCUT2D eigenvalue weighted by Crippen LogP contribution is 2.27. The minimum absolute atomic E-state index is 0.0527. The van der Waals surface area contributed by atoms with Crippen molar-refractivity contribution in [1.29, 1.82) is 0 Å². The first-order valence-corrected chi connectivity index (χ1v) is 7.46. The third kappa shape index (κ3) is 4.60. The van der Waals surface area contributed by atoms with Gasteiger partial charge in [0.1, 0.15) is 17.2 Å². The van der Waals surface area contributed by atoms with Crippen LogP contribution in [0.2, 0.25) is 0 Å². The number of allylic oxidation sites excluding steroid dienone is 1. The Kier molecular flexibility index (Phi) is 5.12. The van der Waals surface area contributed by atoms with E-state index in [4.69, 9.17) is 9.84 Å². The summed E-state index contributed by atoms with van der Waals surface area (Å²) in [7, 11) is 0. The highest BCUT2D eigenvalue weighted by molar-refractivity contribution is 6.08. The van der Waals surface area contributed by atoms with Gasteiger partial charge < -0.3 is 20.1 Å². The van der Waals surface area contributed by atoms with Gasteiger partial charge in [-0.25, -0.2) is 4.79 Å². The number of hydrogen-bond donors (Lipinski definition) is 3. The number of carboxylic acid groups (broad SMARTS) is 1. The normalized spacial score (nSPS) is 11.4. The fraction of sp³-hybridized carbons (Fsp3) is 0.158. The van der Waals surface area contributed by atoms with Gasteiger partial charge >= 0.3 is 5.97 Å². The molecular formula is C19H18O6. The van der Waals surface area contributed by atoms with Crippen LogP contribution in [0.1, 0.15) is 29.8 Å². The van der Waals surface area contributed by atoms with Crippen LogP contribution in [0.3, 0.4) is 0 Å². The Hall–Kier alpha value is -3.28. The van der Waals surface area contributed by atoms with Crippen LogP contribution in [0.5, 0.6) is 17.2 Å². The van der Waals surface area contributed by atoms with Gasteiger partial charge in [0, 0.05) is 6.07 Å². The Labute approximate surface area is 144 Å². The molecule has 6 heteroatoms. The molecule has 0 aliphatic carbocycles. The Morgan fingerprint density at radius 2 is 1.80 bits per heavy atom. The van der Waals surface area contributed by atoms with Gasteiger partial charge in [-0.15, -0.1) is 0 Å². The zero-order valence-electron chi connectivity index (χ0n) is 13.8. The lowest BCUT2D eigenvalue weighted by Crippen LogP contribution is -2.37. The smallest absolute Gasteiger partial charge is 0.347 e. The molecule has 0 atom stereocenters. The van der Waals surface area contributed by atoms with Crippen LogP contribution in [0.15, 0.2) is 48.5 Å². The number of ether oxygens (including phenoxy) is 1. The third-order valence-electron chi connectivity index (χ3n) is 3.42. The number of phenols is 2. The lowest BCUT2D eigenvalue weighted by molar-refractivity contribution is -0.152. The van der Waals surface area contributed by atoms with Crippen LogP contribution in [-0.2, 0) is 4.79 Å². The number of aromatic hydroxyl groups is 2. The van der Waals surface area contributed by atoms with E-state index in [0.29, 0.717) is 5.56 Å². The molecule has 0 aliphatic heterocycles. The van der Waals surface area contributed by atoms with E-state index in [0.717, 1.165) is 0 Å². The first kappa shape index (κ1) is 18.1. The molecule has 25 heavy (non-hydrogen) atoms. The molecule has 6 nitrogen and oxygen atoms in total. The summed E-state index contributed by atoms with van der Waals surface area (Å²) in [6.45, 7) is 2.76. The van der Waals surface area contributed by atoms with E-state index in [-0.39, 0.29) is 22.8 Å². The van der Waals surface area contributed by atoms with Gasteiger partial charge in [-0.1, -0.05) is 18.2 Å². The predicted molar refractivity (Wildman–Crippen MR) is 91.9 cm³/mol. The molecule has 2 aromatic carbocycles. The molecule has 0 radical (unpaired) electrons. The monoisotopic (exact) mass is 342 g/mol. The molecule has 0 heterocycles. The molecule has 0 aromatic heterocycles. The lowest BCUT2D eigenvalue weighted by atomic mass is 10.1. The van der Waals surface area contributed by atoms with Crippen LogP contribution in [0.4, 0.5) is 0 Å². The van der Waals surface area contributed by atoms with Crippen molar-refractivity contribution in [3.8, 4) is 17.2 Å². The highest BCUT2D eigenvalue weighted by Gasteiger charge is 2.29. The highest BCUT2D eigenvalue weighted by atomic mass is 16.5. The van der Waals surface area contributed by atoms with E-state index in [1.807, 2.05) is 0 Å². The second-order valence-electron chi connectivity index (χ2n) is 5.89. The second kappa shape index (κ2) is 7.09. The summed E-state index contributed by atoms with van der Waals surface area (Å²) in [4.78, 5) is 23.2. The van der Waals surface area contributed by atoms with E-state index >= 15 is 0 Å². The van der Waals surface area contributed by atoms with Crippen LogP contribution in [0, 0.1) is 0 Å². The molecule has 0 amide bonds. The summed E-state index contributed by atoms with van der Waals surface area (Å²) < 4.78 is 5.30. The molecule has 0 spiro atoms. The SMILES string of the molecule is CC(C)(Oc1ccc(C(=O)/C=C/c2cccc(O)c2)c(O)c1)C(=O)O. The van der Waals surface area contributed by atoms with E-state index in [1.165, 1.54) is 56.3 Å². The first-order chi connectivity index (χ1) is 11.7. The summed E-state index contributed by atoms with van der Waals surface area (Å²) in [5.41, 5.74) is -0.777. The number of aliphatic carboxylic acids is 1. The van der Waals surface area contributed by atoms with Crippen molar-refractivity contribution < 1.29 is 29.6 Å². The van der Waals surface area contributed by atoms with Crippen molar-refractivity contribution in [3.63, 3.8) is 0 Å². The van der Waals surface area contributed by atoms with E-state index in [9.17, 15) is 19.8 Å². The number of hydrogen-bond acceptors (Lipinski definition) is 5. The van der Waals surface area contributed by atoms with E-state index in [2.05, 4.69) is 0 Å². The maximum atomic E-state index is 12.2. The number of carbonyl (C=O) groups is 2. The number of carboxylic acids is 1. The minimum atomic E-state index is -1.47. The molecule has 0 aliphatic rings. The fourth-order valence-electron chi connectivity index (χ4n) is 2.01. The van der Waals surface area contributed by atoms with Gasteiger partial charge in [-0.2, -0.15) is 0 Å². The Morgan fingerprint density at radius 1 is 1.08 bits per heavy atom. The molecule has 0 bridgehead atoms. The van der Waals surface area contributed by atoms with Gasteiger partial charge in [-0.05, 0) is 49.8 Å². The van der Waals surface area contributed by atoms with Gasteiger partial charge in [0.15, 0.2) is 11.4 Å². The maximum absolute atomic E-state index is 12.2. The van der Waals surface area contributed by atoms with Crippen molar-refractivity contribution in [1.82, 2.24) is 0 Å². The molecule has 0 unspecified atom stereocenters. The summed E-state index contributed by atoms with van der Waals surface area (Å²) >= 11 is 0. The van der Waals surface area contributed by atoms with Crippen LogP contribution < -0.4 is 4.74 Å². The van der Waals surface area contributed by atoms with Crippen molar-refractivity contribution >= 4 is 17.8 Å². The molecule has 0 fully saturated rings. The largest absolute Gasteiger partial charge is 0.508 e. The van der Waals surface area contributed by atoms with Crippen LogP contribution in [-0.4, -0.2) is 32.7 Å². The number of rotatable bonds is 6. The van der Waals surface area contributed by atoms with E-state index < -0.39 is 17.4 Å². The molecule has 2 rings (SSSR count). The van der Waals surface area contributed by atoms with Crippen LogP contribution in [0.25, 0.3) is 6.08 Å². The topological polar surface area (TPSA) is 104 Å². The van der Waals surface area contributed by atoms with Crippen LogP contribution >= 0.6 is 0 Å². The molecule has 0 saturated carbocycles. The Balaban J connectivity index is 2.17. The fourth-order valence-corrected chi connectivity index (χ4v) is 2.01. The summed E-state index contributed by atoms with van der Waals surface area (Å²) in [6, 6.07) is 10.3. The Morgan fingerprint density at radius 3 is 2.40 bits per heavy atom. The molecule has 3 N–H and O–H groups in total.